The fourth-order valence-electron chi connectivity index (χ4n) is 3.79. The predicted molar refractivity (Wildman–Crippen MR) is 114 cm³/mol. The summed E-state index contributed by atoms with van der Waals surface area (Å²) >= 11 is 0. The predicted octanol–water partition coefficient (Wildman–Crippen LogP) is 3.73. The molecule has 0 aliphatic heterocycles. The van der Waals surface area contributed by atoms with Crippen molar-refractivity contribution in [2.45, 2.75) is 13.1 Å². The summed E-state index contributed by atoms with van der Waals surface area (Å²) in [5.41, 5.74) is 1.58. The minimum Gasteiger partial charge on any atom is -0.477 e. The maximum Gasteiger partial charge on any atom is 0.352 e. The van der Waals surface area contributed by atoms with E-state index in [-0.39, 0.29) is 24.3 Å². The zero-order valence-electron chi connectivity index (χ0n) is 16.1. The molecule has 1 aromatic heterocycles. The van der Waals surface area contributed by atoms with Crippen LogP contribution in [0.25, 0.3) is 21.7 Å². The number of hydrogen-bond donors (Lipinski definition) is 2. The Balaban J connectivity index is 1.94. The number of hydrogen-bond acceptors (Lipinski definition) is 3. The highest BCUT2D eigenvalue weighted by Crippen LogP contribution is 2.30. The van der Waals surface area contributed by atoms with Gasteiger partial charge in [-0.15, -0.1) is 0 Å². The number of aromatic carboxylic acids is 1. The minimum atomic E-state index is -3.57. The van der Waals surface area contributed by atoms with E-state index in [1.54, 1.807) is 4.57 Å². The Morgan fingerprint density at radius 2 is 1.80 bits per heavy atom. The van der Waals surface area contributed by atoms with Crippen LogP contribution in [0.3, 0.4) is 0 Å². The number of aromatic nitrogens is 1. The molecule has 2 N–H and O–H groups in total. The molecule has 8 heteroatoms. The molecule has 4 rings (SSSR count). The van der Waals surface area contributed by atoms with Crippen molar-refractivity contribution in [3.05, 3.63) is 83.3 Å². The second-order valence-electron chi connectivity index (χ2n) is 7.11. The van der Waals surface area contributed by atoms with Crippen LogP contribution in [0.4, 0.5) is 4.39 Å². The fraction of sp³-hybridized carbons (Fsp3) is 0.136. The van der Waals surface area contributed by atoms with E-state index in [9.17, 15) is 22.7 Å². The van der Waals surface area contributed by atoms with E-state index in [2.05, 4.69) is 4.72 Å². The van der Waals surface area contributed by atoms with Crippen molar-refractivity contribution >= 4 is 37.7 Å². The molecule has 1 heterocycles. The van der Waals surface area contributed by atoms with Gasteiger partial charge in [-0.2, -0.15) is 0 Å². The maximum atomic E-state index is 14.0. The van der Waals surface area contributed by atoms with Gasteiger partial charge in [0.25, 0.3) is 0 Å². The number of rotatable bonds is 6. The molecule has 0 bridgehead atoms. The van der Waals surface area contributed by atoms with E-state index < -0.39 is 21.8 Å². The van der Waals surface area contributed by atoms with Crippen LogP contribution in [0.1, 0.15) is 21.6 Å². The molecule has 0 spiro atoms. The Morgan fingerprint density at radius 3 is 2.53 bits per heavy atom. The lowest BCUT2D eigenvalue weighted by Crippen LogP contribution is -2.23. The fourth-order valence-corrected chi connectivity index (χ4v) is 4.19. The van der Waals surface area contributed by atoms with Crippen molar-refractivity contribution < 1.29 is 22.7 Å². The summed E-state index contributed by atoms with van der Waals surface area (Å²) in [6.07, 6.45) is 0.989. The number of benzene rings is 3. The lowest BCUT2D eigenvalue weighted by Gasteiger charge is -2.12. The molecule has 0 fully saturated rings. The molecule has 3 aromatic carbocycles. The lowest BCUT2D eigenvalue weighted by atomic mass is 10.0. The summed E-state index contributed by atoms with van der Waals surface area (Å²) in [5, 5.41) is 12.3. The van der Waals surface area contributed by atoms with Crippen molar-refractivity contribution in [1.82, 2.24) is 9.29 Å². The molecular formula is C22H19FN2O4S. The highest BCUT2D eigenvalue weighted by Gasteiger charge is 2.24. The Bertz CT molecular complexity index is 1390. The first-order chi connectivity index (χ1) is 14.2. The molecular weight excluding hydrogens is 407 g/mol. The van der Waals surface area contributed by atoms with Gasteiger partial charge in [0, 0.05) is 29.6 Å². The van der Waals surface area contributed by atoms with Crippen LogP contribution in [-0.4, -0.2) is 30.3 Å². The highest BCUT2D eigenvalue weighted by molar-refractivity contribution is 7.88. The van der Waals surface area contributed by atoms with Crippen molar-refractivity contribution in [3.8, 4) is 0 Å². The first-order valence-corrected chi connectivity index (χ1v) is 11.1. The first kappa shape index (κ1) is 20.1. The third kappa shape index (κ3) is 3.79. The second kappa shape index (κ2) is 7.55. The Hall–Kier alpha value is -3.23. The van der Waals surface area contributed by atoms with Crippen LogP contribution in [0, 0.1) is 5.82 Å². The van der Waals surface area contributed by atoms with E-state index in [0.717, 1.165) is 22.6 Å². The van der Waals surface area contributed by atoms with Gasteiger partial charge in [0.05, 0.1) is 6.26 Å². The van der Waals surface area contributed by atoms with Gasteiger partial charge in [0.2, 0.25) is 10.0 Å². The number of carboxylic acid groups (broad SMARTS) is 1. The topological polar surface area (TPSA) is 88.4 Å². The molecule has 0 saturated heterocycles. The lowest BCUT2D eigenvalue weighted by molar-refractivity contribution is 0.0685. The van der Waals surface area contributed by atoms with Crippen molar-refractivity contribution in [2.24, 2.45) is 0 Å². The van der Waals surface area contributed by atoms with Crippen LogP contribution >= 0.6 is 0 Å². The molecule has 0 aliphatic rings. The summed E-state index contributed by atoms with van der Waals surface area (Å²) in [5.74, 6) is -1.74. The number of nitrogens with zero attached hydrogens (tertiary/aromatic N) is 1. The van der Waals surface area contributed by atoms with Crippen molar-refractivity contribution in [3.63, 3.8) is 0 Å². The number of halogens is 1. The first-order valence-electron chi connectivity index (χ1n) is 9.20. The molecule has 30 heavy (non-hydrogen) atoms. The maximum absolute atomic E-state index is 14.0. The average molecular weight is 426 g/mol. The quantitative estimate of drug-likeness (QED) is 0.492. The Morgan fingerprint density at radius 1 is 1.07 bits per heavy atom. The van der Waals surface area contributed by atoms with Gasteiger partial charge in [-0.25, -0.2) is 22.3 Å². The zero-order valence-corrected chi connectivity index (χ0v) is 16.9. The molecule has 0 atom stereocenters. The normalized spacial score (nSPS) is 11.9. The number of fused-ring (bicyclic) bond motifs is 2. The van der Waals surface area contributed by atoms with Gasteiger partial charge in [0.15, 0.2) is 0 Å². The number of carbonyl (C=O) groups is 1. The monoisotopic (exact) mass is 426 g/mol. The van der Waals surface area contributed by atoms with Crippen LogP contribution < -0.4 is 4.72 Å². The molecule has 0 aliphatic carbocycles. The molecule has 0 amide bonds. The molecule has 0 unspecified atom stereocenters. The summed E-state index contributed by atoms with van der Waals surface area (Å²) in [6.45, 7) is -0.00699. The number of carboxylic acids is 1. The van der Waals surface area contributed by atoms with Gasteiger partial charge in [-0.3, -0.25) is 0 Å². The Kier molecular flexibility index (Phi) is 5.05. The molecule has 154 valence electrons. The van der Waals surface area contributed by atoms with E-state index in [1.165, 1.54) is 18.2 Å². The highest BCUT2D eigenvalue weighted by atomic mass is 32.2. The van der Waals surface area contributed by atoms with E-state index >= 15 is 0 Å². The largest absolute Gasteiger partial charge is 0.477 e. The average Bonchev–Trinajstić information content (AvgIpc) is 2.99. The third-order valence-corrected chi connectivity index (χ3v) is 5.72. The van der Waals surface area contributed by atoms with Gasteiger partial charge in [0.1, 0.15) is 11.5 Å². The van der Waals surface area contributed by atoms with Gasteiger partial charge in [-0.05, 0) is 34.5 Å². The van der Waals surface area contributed by atoms with Crippen molar-refractivity contribution in [1.29, 1.82) is 0 Å². The minimum absolute atomic E-state index is 0.0697. The summed E-state index contributed by atoms with van der Waals surface area (Å²) in [4.78, 5) is 12.2. The molecule has 0 radical (unpaired) electrons. The number of sulfonamides is 1. The van der Waals surface area contributed by atoms with Gasteiger partial charge in [-0.1, -0.05) is 42.5 Å². The summed E-state index contributed by atoms with van der Waals surface area (Å²) in [6, 6.07) is 17.6. The van der Waals surface area contributed by atoms with Crippen LogP contribution in [0.15, 0.2) is 60.7 Å². The van der Waals surface area contributed by atoms with E-state index in [1.807, 2.05) is 42.5 Å². The smallest absolute Gasteiger partial charge is 0.352 e. The molecule has 6 nitrogen and oxygen atoms in total. The van der Waals surface area contributed by atoms with E-state index in [4.69, 9.17) is 0 Å². The van der Waals surface area contributed by atoms with Crippen molar-refractivity contribution in [2.75, 3.05) is 6.26 Å². The Labute approximate surface area is 172 Å². The van der Waals surface area contributed by atoms with Crippen LogP contribution in [-0.2, 0) is 23.1 Å². The van der Waals surface area contributed by atoms with E-state index in [0.29, 0.717) is 10.9 Å². The van der Waals surface area contributed by atoms with Crippen LogP contribution in [0.5, 0.6) is 0 Å². The number of nitrogens with one attached hydrogen (secondary N) is 1. The third-order valence-electron chi connectivity index (χ3n) is 5.05. The summed E-state index contributed by atoms with van der Waals surface area (Å²) < 4.78 is 41.1. The second-order valence-corrected chi connectivity index (χ2v) is 8.94. The van der Waals surface area contributed by atoms with Gasteiger partial charge >= 0.3 is 5.97 Å². The summed E-state index contributed by atoms with van der Waals surface area (Å²) in [7, 11) is -3.57. The molecule has 4 aromatic rings. The zero-order chi connectivity index (χ0) is 21.5. The van der Waals surface area contributed by atoms with Crippen LogP contribution in [0.2, 0.25) is 0 Å². The van der Waals surface area contributed by atoms with Gasteiger partial charge < -0.3 is 9.67 Å². The standard InChI is InChI=1S/C22H19FN2O4S/c1-30(28,29)24-12-19-18-11-16(23)9-10-20(18)25(21(19)22(26)27)13-15-7-4-6-14-5-2-3-8-17(14)15/h2-11,24H,12-13H2,1H3,(H,26,27). The SMILES string of the molecule is CS(=O)(=O)NCc1c(C(=O)O)n(Cc2cccc3ccccc23)c2ccc(F)cc12. The molecule has 0 saturated carbocycles.